The van der Waals surface area contributed by atoms with Crippen LogP contribution in [0.4, 0.5) is 0 Å². The number of aliphatic hydroxyl groups excluding tert-OH is 1. The van der Waals surface area contributed by atoms with Crippen LogP contribution in [-0.4, -0.2) is 46.5 Å². The predicted octanol–water partition coefficient (Wildman–Crippen LogP) is 2.35. The molecule has 0 spiro atoms. The van der Waals surface area contributed by atoms with Crippen molar-refractivity contribution in [3.8, 4) is 0 Å². The van der Waals surface area contributed by atoms with Crippen molar-refractivity contribution in [1.82, 2.24) is 15.0 Å². The van der Waals surface area contributed by atoms with E-state index in [-0.39, 0.29) is 0 Å². The average Bonchev–Trinajstić information content (AvgIpc) is 3.24. The number of hydrogen-bond acceptors (Lipinski definition) is 6. The van der Waals surface area contributed by atoms with Crippen molar-refractivity contribution in [2.75, 3.05) is 20.3 Å². The van der Waals surface area contributed by atoms with E-state index in [9.17, 15) is 5.11 Å². The zero-order chi connectivity index (χ0) is 16.8. The molecule has 1 aliphatic heterocycles. The SMILES string of the molecule is COCCc1noc(CN2CCCC2CC(O)c2ccccc2)n1. The minimum Gasteiger partial charge on any atom is -0.388 e. The molecule has 1 aliphatic rings. The van der Waals surface area contributed by atoms with E-state index in [1.807, 2.05) is 30.3 Å². The molecule has 6 nitrogen and oxygen atoms in total. The summed E-state index contributed by atoms with van der Waals surface area (Å²) in [4.78, 5) is 6.75. The number of likely N-dealkylation sites (tertiary alicyclic amines) is 1. The number of methoxy groups -OCH3 is 1. The van der Waals surface area contributed by atoms with Crippen molar-refractivity contribution in [3.05, 3.63) is 47.6 Å². The van der Waals surface area contributed by atoms with E-state index >= 15 is 0 Å². The van der Waals surface area contributed by atoms with Gasteiger partial charge in [0.15, 0.2) is 5.82 Å². The van der Waals surface area contributed by atoms with Gasteiger partial charge in [0.1, 0.15) is 0 Å². The number of nitrogens with zero attached hydrogens (tertiary/aromatic N) is 3. The summed E-state index contributed by atoms with van der Waals surface area (Å²) in [5, 5.41) is 14.5. The maximum atomic E-state index is 10.5. The number of hydrogen-bond donors (Lipinski definition) is 1. The van der Waals surface area contributed by atoms with Crippen molar-refractivity contribution >= 4 is 0 Å². The Morgan fingerprint density at radius 3 is 3.00 bits per heavy atom. The average molecular weight is 331 g/mol. The van der Waals surface area contributed by atoms with E-state index in [4.69, 9.17) is 9.26 Å². The van der Waals surface area contributed by atoms with Gasteiger partial charge in [0.25, 0.3) is 0 Å². The highest BCUT2D eigenvalue weighted by atomic mass is 16.5. The summed E-state index contributed by atoms with van der Waals surface area (Å²) in [5.41, 5.74) is 0.976. The molecule has 2 aromatic rings. The Kier molecular flexibility index (Phi) is 5.96. The van der Waals surface area contributed by atoms with E-state index in [2.05, 4.69) is 15.0 Å². The maximum absolute atomic E-state index is 10.5. The van der Waals surface area contributed by atoms with Crippen molar-refractivity contribution in [2.24, 2.45) is 0 Å². The van der Waals surface area contributed by atoms with Crippen LogP contribution in [0.2, 0.25) is 0 Å². The summed E-state index contributed by atoms with van der Waals surface area (Å²) >= 11 is 0. The Hall–Kier alpha value is -1.76. The zero-order valence-electron chi connectivity index (χ0n) is 14.1. The van der Waals surface area contributed by atoms with E-state index in [1.54, 1.807) is 7.11 Å². The van der Waals surface area contributed by atoms with Gasteiger partial charge in [-0.25, -0.2) is 0 Å². The van der Waals surface area contributed by atoms with Crippen LogP contribution in [0.25, 0.3) is 0 Å². The summed E-state index contributed by atoms with van der Waals surface area (Å²) in [6.07, 6.45) is 3.19. The number of ether oxygens (including phenoxy) is 1. The number of rotatable bonds is 8. The highest BCUT2D eigenvalue weighted by Gasteiger charge is 2.28. The Morgan fingerprint density at radius 2 is 2.21 bits per heavy atom. The van der Waals surface area contributed by atoms with Crippen molar-refractivity contribution < 1.29 is 14.4 Å². The second kappa shape index (κ2) is 8.37. The van der Waals surface area contributed by atoms with Gasteiger partial charge in [-0.15, -0.1) is 0 Å². The quantitative estimate of drug-likeness (QED) is 0.800. The Balaban J connectivity index is 1.56. The first-order valence-corrected chi connectivity index (χ1v) is 8.53. The number of benzene rings is 1. The molecule has 3 rings (SSSR count). The maximum Gasteiger partial charge on any atom is 0.240 e. The molecular weight excluding hydrogens is 306 g/mol. The lowest BCUT2D eigenvalue weighted by atomic mass is 10.0. The molecule has 6 heteroatoms. The fourth-order valence-corrected chi connectivity index (χ4v) is 3.26. The molecule has 130 valence electrons. The minimum absolute atomic E-state index is 0.342. The minimum atomic E-state index is -0.434. The molecule has 1 aromatic heterocycles. The molecule has 2 unspecified atom stereocenters. The molecule has 0 bridgehead atoms. The largest absolute Gasteiger partial charge is 0.388 e. The fraction of sp³-hybridized carbons (Fsp3) is 0.556. The molecule has 1 N–H and O–H groups in total. The Labute approximate surface area is 142 Å². The second-order valence-corrected chi connectivity index (χ2v) is 6.28. The topological polar surface area (TPSA) is 71.6 Å². The van der Waals surface area contributed by atoms with E-state index in [0.717, 1.165) is 31.4 Å². The standard InChI is InChI=1S/C18H25N3O3/c1-23-11-9-17-19-18(24-20-17)13-21-10-5-8-15(21)12-16(22)14-6-3-2-4-7-14/h2-4,6-7,15-16,22H,5,8-13H2,1H3. The Bertz CT molecular complexity index is 617. The molecule has 0 aliphatic carbocycles. The lowest BCUT2D eigenvalue weighted by molar-refractivity contribution is 0.112. The first-order valence-electron chi connectivity index (χ1n) is 8.53. The highest BCUT2D eigenvalue weighted by molar-refractivity contribution is 5.17. The summed E-state index contributed by atoms with van der Waals surface area (Å²) in [6.45, 7) is 2.24. The Morgan fingerprint density at radius 1 is 1.38 bits per heavy atom. The fourth-order valence-electron chi connectivity index (χ4n) is 3.26. The molecule has 1 saturated heterocycles. The third kappa shape index (κ3) is 4.41. The van der Waals surface area contributed by atoms with Crippen LogP contribution in [0.1, 0.15) is 42.6 Å². The number of aliphatic hydroxyl groups is 1. The van der Waals surface area contributed by atoms with Crippen LogP contribution in [0.3, 0.4) is 0 Å². The molecule has 24 heavy (non-hydrogen) atoms. The molecule has 2 heterocycles. The normalized spacial score (nSPS) is 19.7. The second-order valence-electron chi connectivity index (χ2n) is 6.28. The zero-order valence-corrected chi connectivity index (χ0v) is 14.1. The summed E-state index contributed by atoms with van der Waals surface area (Å²) in [6, 6.07) is 10.2. The smallest absolute Gasteiger partial charge is 0.240 e. The molecule has 0 radical (unpaired) electrons. The summed E-state index contributed by atoms with van der Waals surface area (Å²) in [5.74, 6) is 1.33. The van der Waals surface area contributed by atoms with Crippen LogP contribution < -0.4 is 0 Å². The van der Waals surface area contributed by atoms with Gasteiger partial charge in [0, 0.05) is 19.6 Å². The lowest BCUT2D eigenvalue weighted by Gasteiger charge is -2.25. The van der Waals surface area contributed by atoms with Gasteiger partial charge in [0.2, 0.25) is 5.89 Å². The molecule has 0 amide bonds. The van der Waals surface area contributed by atoms with Crippen molar-refractivity contribution in [2.45, 2.75) is 44.4 Å². The first kappa shape index (κ1) is 17.1. The van der Waals surface area contributed by atoms with Crippen LogP contribution >= 0.6 is 0 Å². The van der Waals surface area contributed by atoms with Gasteiger partial charge in [-0.2, -0.15) is 4.98 Å². The molecular formula is C18H25N3O3. The predicted molar refractivity (Wildman–Crippen MR) is 89.3 cm³/mol. The van der Waals surface area contributed by atoms with Gasteiger partial charge in [-0.3, -0.25) is 4.90 Å². The van der Waals surface area contributed by atoms with E-state index < -0.39 is 6.10 Å². The van der Waals surface area contributed by atoms with Crippen molar-refractivity contribution in [3.63, 3.8) is 0 Å². The van der Waals surface area contributed by atoms with Crippen molar-refractivity contribution in [1.29, 1.82) is 0 Å². The van der Waals surface area contributed by atoms with Gasteiger partial charge >= 0.3 is 0 Å². The third-order valence-electron chi connectivity index (χ3n) is 4.56. The first-order chi connectivity index (χ1) is 11.8. The van der Waals surface area contributed by atoms with Gasteiger partial charge in [-0.05, 0) is 31.4 Å². The molecule has 1 fully saturated rings. The van der Waals surface area contributed by atoms with Crippen LogP contribution in [0.15, 0.2) is 34.9 Å². The third-order valence-corrected chi connectivity index (χ3v) is 4.56. The van der Waals surface area contributed by atoms with E-state index in [1.165, 1.54) is 0 Å². The summed E-state index contributed by atoms with van der Waals surface area (Å²) < 4.78 is 10.4. The van der Waals surface area contributed by atoms with E-state index in [0.29, 0.717) is 37.3 Å². The molecule has 0 saturated carbocycles. The van der Waals surface area contributed by atoms with Gasteiger partial charge < -0.3 is 14.4 Å². The van der Waals surface area contributed by atoms with Crippen LogP contribution in [0, 0.1) is 0 Å². The highest BCUT2D eigenvalue weighted by Crippen LogP contribution is 2.28. The molecule has 1 aromatic carbocycles. The van der Waals surface area contributed by atoms with Crippen LogP contribution in [-0.2, 0) is 17.7 Å². The monoisotopic (exact) mass is 331 g/mol. The number of aromatic nitrogens is 2. The lowest BCUT2D eigenvalue weighted by Crippen LogP contribution is -2.30. The van der Waals surface area contributed by atoms with Gasteiger partial charge in [-0.1, -0.05) is 35.5 Å². The van der Waals surface area contributed by atoms with Gasteiger partial charge in [0.05, 0.1) is 19.3 Å². The van der Waals surface area contributed by atoms with Crippen LogP contribution in [0.5, 0.6) is 0 Å². The molecule has 2 atom stereocenters. The summed E-state index contributed by atoms with van der Waals surface area (Å²) in [7, 11) is 1.66.